The summed E-state index contributed by atoms with van der Waals surface area (Å²) in [5, 5.41) is 0. The molecule has 1 atom stereocenters. The molecular weight excluding hydrogens is 252 g/mol. The normalized spacial score (nSPS) is 18.8. The number of nitrogens with zero attached hydrogens (tertiary/aromatic N) is 2. The van der Waals surface area contributed by atoms with Gasteiger partial charge in [-0.05, 0) is 37.7 Å². The largest absolute Gasteiger partial charge is 0.399 e. The maximum absolute atomic E-state index is 11.6. The molecule has 0 spiro atoms. The number of rotatable bonds is 5. The van der Waals surface area contributed by atoms with Crippen molar-refractivity contribution in [3.8, 4) is 0 Å². The Morgan fingerprint density at radius 1 is 1.40 bits per heavy atom. The summed E-state index contributed by atoms with van der Waals surface area (Å²) >= 11 is 0. The molecule has 1 heterocycles. The summed E-state index contributed by atoms with van der Waals surface area (Å²) in [6, 6.07) is 5.94. The second kappa shape index (κ2) is 6.13. The monoisotopic (exact) mass is 276 g/mol. The van der Waals surface area contributed by atoms with E-state index in [0.717, 1.165) is 38.3 Å². The van der Waals surface area contributed by atoms with E-state index in [1.807, 2.05) is 12.1 Å². The first-order valence-electron chi connectivity index (χ1n) is 7.25. The molecule has 1 saturated heterocycles. The van der Waals surface area contributed by atoms with Crippen molar-refractivity contribution >= 4 is 17.3 Å². The van der Waals surface area contributed by atoms with E-state index in [9.17, 15) is 4.79 Å². The number of hydrogen-bond donors (Lipinski definition) is 2. The van der Waals surface area contributed by atoms with Gasteiger partial charge in [-0.25, -0.2) is 0 Å². The fourth-order valence-electron chi connectivity index (χ4n) is 3.03. The van der Waals surface area contributed by atoms with Crippen molar-refractivity contribution in [3.05, 3.63) is 23.8 Å². The van der Waals surface area contributed by atoms with Crippen LogP contribution in [-0.2, 0) is 0 Å². The third kappa shape index (κ3) is 2.88. The molecule has 1 aromatic rings. The fraction of sp³-hybridized carbons (Fsp3) is 0.533. The molecule has 20 heavy (non-hydrogen) atoms. The number of nitrogens with two attached hydrogens (primary N) is 2. The highest BCUT2D eigenvalue weighted by Gasteiger charge is 2.28. The minimum absolute atomic E-state index is 0.418. The van der Waals surface area contributed by atoms with E-state index in [1.165, 1.54) is 0 Å². The van der Waals surface area contributed by atoms with Gasteiger partial charge in [0.25, 0.3) is 5.91 Å². The number of anilines is 2. The molecule has 0 saturated carbocycles. The van der Waals surface area contributed by atoms with Crippen molar-refractivity contribution in [3.63, 3.8) is 0 Å². The molecule has 0 aromatic heterocycles. The van der Waals surface area contributed by atoms with E-state index in [1.54, 1.807) is 6.07 Å². The number of carbonyl (C=O) groups excluding carboxylic acids is 1. The first-order valence-corrected chi connectivity index (χ1v) is 7.25. The van der Waals surface area contributed by atoms with Crippen LogP contribution in [0.4, 0.5) is 11.4 Å². The Morgan fingerprint density at radius 3 is 2.70 bits per heavy atom. The van der Waals surface area contributed by atoms with Gasteiger partial charge in [0.2, 0.25) is 0 Å². The standard InChI is InChI=1S/C15H24N4O/c1-3-18(4-2)12-7-8-19(10-12)14-6-5-11(16)9-13(14)15(17)20/h5-6,9,12H,3-4,7-8,10,16H2,1-2H3,(H2,17,20). The molecule has 2 rings (SSSR count). The van der Waals surface area contributed by atoms with Crippen LogP contribution in [0.3, 0.4) is 0 Å². The van der Waals surface area contributed by atoms with Crippen LogP contribution in [0.5, 0.6) is 0 Å². The van der Waals surface area contributed by atoms with Crippen LogP contribution in [-0.4, -0.2) is 43.0 Å². The number of nitrogen functional groups attached to an aromatic ring is 1. The Morgan fingerprint density at radius 2 is 2.10 bits per heavy atom. The van der Waals surface area contributed by atoms with E-state index in [2.05, 4.69) is 23.6 Å². The van der Waals surface area contributed by atoms with Crippen molar-refractivity contribution in [2.75, 3.05) is 36.8 Å². The molecule has 5 nitrogen and oxygen atoms in total. The summed E-state index contributed by atoms with van der Waals surface area (Å²) < 4.78 is 0. The predicted octanol–water partition coefficient (Wildman–Crippen LogP) is 1.29. The van der Waals surface area contributed by atoms with E-state index in [4.69, 9.17) is 11.5 Å². The lowest BCUT2D eigenvalue weighted by atomic mass is 10.1. The van der Waals surface area contributed by atoms with Gasteiger partial charge in [-0.3, -0.25) is 9.69 Å². The lowest BCUT2D eigenvalue weighted by Crippen LogP contribution is -2.37. The molecule has 0 radical (unpaired) electrons. The van der Waals surface area contributed by atoms with Crippen molar-refractivity contribution in [2.24, 2.45) is 5.73 Å². The van der Waals surface area contributed by atoms with Gasteiger partial charge >= 0.3 is 0 Å². The second-order valence-corrected chi connectivity index (χ2v) is 5.25. The van der Waals surface area contributed by atoms with Crippen molar-refractivity contribution in [1.82, 2.24) is 4.90 Å². The lowest BCUT2D eigenvalue weighted by molar-refractivity contribution is 0.100. The quantitative estimate of drug-likeness (QED) is 0.795. The Hall–Kier alpha value is -1.75. The molecule has 4 N–H and O–H groups in total. The summed E-state index contributed by atoms with van der Waals surface area (Å²) in [6.07, 6.45) is 1.12. The van der Waals surface area contributed by atoms with Gasteiger partial charge < -0.3 is 16.4 Å². The molecule has 1 aliphatic heterocycles. The smallest absolute Gasteiger partial charge is 0.250 e. The number of hydrogen-bond acceptors (Lipinski definition) is 4. The molecule has 1 fully saturated rings. The van der Waals surface area contributed by atoms with Crippen LogP contribution < -0.4 is 16.4 Å². The summed E-state index contributed by atoms with van der Waals surface area (Å²) in [6.45, 7) is 8.37. The number of benzene rings is 1. The van der Waals surface area contributed by atoms with Crippen LogP contribution >= 0.6 is 0 Å². The van der Waals surface area contributed by atoms with Crippen LogP contribution in [0.2, 0.25) is 0 Å². The highest BCUT2D eigenvalue weighted by molar-refractivity contribution is 5.99. The van der Waals surface area contributed by atoms with E-state index < -0.39 is 5.91 Å². The third-order valence-electron chi connectivity index (χ3n) is 4.12. The molecule has 5 heteroatoms. The highest BCUT2D eigenvalue weighted by Crippen LogP contribution is 2.27. The lowest BCUT2D eigenvalue weighted by Gasteiger charge is -2.27. The van der Waals surface area contributed by atoms with E-state index in [-0.39, 0.29) is 0 Å². The zero-order valence-corrected chi connectivity index (χ0v) is 12.3. The van der Waals surface area contributed by atoms with E-state index in [0.29, 0.717) is 17.3 Å². The predicted molar refractivity (Wildman–Crippen MR) is 82.9 cm³/mol. The SMILES string of the molecule is CCN(CC)C1CCN(c2ccc(N)cc2C(N)=O)C1. The minimum Gasteiger partial charge on any atom is -0.399 e. The molecule has 1 aliphatic rings. The Bertz CT molecular complexity index is 485. The van der Waals surface area contributed by atoms with Crippen molar-refractivity contribution in [2.45, 2.75) is 26.3 Å². The van der Waals surface area contributed by atoms with Gasteiger partial charge in [0.1, 0.15) is 0 Å². The molecule has 0 bridgehead atoms. The van der Waals surface area contributed by atoms with Crippen LogP contribution in [0.25, 0.3) is 0 Å². The molecular formula is C15H24N4O. The van der Waals surface area contributed by atoms with Crippen LogP contribution in [0, 0.1) is 0 Å². The van der Waals surface area contributed by atoms with Gasteiger partial charge in [0, 0.05) is 30.5 Å². The van der Waals surface area contributed by atoms with Gasteiger partial charge in [-0.15, -0.1) is 0 Å². The molecule has 1 unspecified atom stereocenters. The minimum atomic E-state index is -0.418. The average molecular weight is 276 g/mol. The van der Waals surface area contributed by atoms with Gasteiger partial charge in [-0.2, -0.15) is 0 Å². The highest BCUT2D eigenvalue weighted by atomic mass is 16.1. The third-order valence-corrected chi connectivity index (χ3v) is 4.12. The number of amides is 1. The Labute approximate surface area is 120 Å². The summed E-state index contributed by atoms with van der Waals surface area (Å²) in [5.74, 6) is -0.418. The Kier molecular flexibility index (Phi) is 4.49. The molecule has 1 amide bonds. The van der Waals surface area contributed by atoms with Gasteiger partial charge in [-0.1, -0.05) is 13.8 Å². The van der Waals surface area contributed by atoms with E-state index >= 15 is 0 Å². The number of carbonyl (C=O) groups is 1. The zero-order chi connectivity index (χ0) is 14.7. The second-order valence-electron chi connectivity index (χ2n) is 5.25. The average Bonchev–Trinajstić information content (AvgIpc) is 2.89. The topological polar surface area (TPSA) is 75.6 Å². The first-order chi connectivity index (χ1) is 9.56. The summed E-state index contributed by atoms with van der Waals surface area (Å²) in [7, 11) is 0. The molecule has 0 aliphatic carbocycles. The van der Waals surface area contributed by atoms with Crippen LogP contribution in [0.1, 0.15) is 30.6 Å². The summed E-state index contributed by atoms with van der Waals surface area (Å²) in [5.41, 5.74) is 13.2. The molecule has 110 valence electrons. The first kappa shape index (κ1) is 14.7. The maximum atomic E-state index is 11.6. The van der Waals surface area contributed by atoms with Gasteiger partial charge in [0.05, 0.1) is 5.56 Å². The van der Waals surface area contributed by atoms with Crippen LogP contribution in [0.15, 0.2) is 18.2 Å². The number of likely N-dealkylation sites (N-methyl/N-ethyl adjacent to an activating group) is 1. The van der Waals surface area contributed by atoms with Gasteiger partial charge in [0.15, 0.2) is 0 Å². The summed E-state index contributed by atoms with van der Waals surface area (Å²) in [4.78, 5) is 16.3. The Balaban J connectivity index is 2.20. The maximum Gasteiger partial charge on any atom is 0.250 e. The van der Waals surface area contributed by atoms with Crippen molar-refractivity contribution in [1.29, 1.82) is 0 Å². The molecule has 1 aromatic carbocycles. The van der Waals surface area contributed by atoms with Crippen molar-refractivity contribution < 1.29 is 4.79 Å². The number of primary amides is 1. The zero-order valence-electron chi connectivity index (χ0n) is 12.3. The fourth-order valence-corrected chi connectivity index (χ4v) is 3.03.